The van der Waals surface area contributed by atoms with E-state index in [9.17, 15) is 29.1 Å². The number of hydrogen-bond acceptors (Lipinski definition) is 8. The highest BCUT2D eigenvalue weighted by molar-refractivity contribution is 7.80. The van der Waals surface area contributed by atoms with Crippen LogP contribution in [0.2, 0.25) is 0 Å². The van der Waals surface area contributed by atoms with E-state index in [0.717, 1.165) is 0 Å². The molecule has 0 rings (SSSR count). The Balaban J connectivity index is 5.50. The molecule has 0 bridgehead atoms. The van der Waals surface area contributed by atoms with Crippen molar-refractivity contribution in [3.63, 3.8) is 0 Å². The average Bonchev–Trinajstić information content (AvgIpc) is 2.72. The summed E-state index contributed by atoms with van der Waals surface area (Å²) in [5.74, 6) is -4.28. The molecule has 10 N–H and O–H groups in total. The summed E-state index contributed by atoms with van der Waals surface area (Å²) in [6.07, 6.45) is 0.994. The Morgan fingerprint density at radius 2 is 1.44 bits per heavy atom. The molecule has 0 aliphatic carbocycles. The van der Waals surface area contributed by atoms with Gasteiger partial charge in [0.1, 0.15) is 18.1 Å². The lowest BCUT2D eigenvalue weighted by atomic mass is 10.0. The molecule has 0 aromatic rings. The van der Waals surface area contributed by atoms with Crippen molar-refractivity contribution >= 4 is 42.2 Å². The summed E-state index contributed by atoms with van der Waals surface area (Å²) in [4.78, 5) is 60.3. The summed E-state index contributed by atoms with van der Waals surface area (Å²) >= 11 is 3.94. The van der Waals surface area contributed by atoms with Crippen molar-refractivity contribution in [2.24, 2.45) is 23.1 Å². The maximum atomic E-state index is 12.8. The molecule has 0 saturated carbocycles. The van der Waals surface area contributed by atoms with Crippen LogP contribution in [-0.4, -0.2) is 71.2 Å². The first-order chi connectivity index (χ1) is 14.9. The van der Waals surface area contributed by atoms with Gasteiger partial charge in [-0.2, -0.15) is 12.6 Å². The molecule has 12 nitrogen and oxygen atoms in total. The van der Waals surface area contributed by atoms with Gasteiger partial charge in [-0.05, 0) is 38.1 Å². The number of thiol groups is 1. The number of hydrogen-bond donors (Lipinski definition) is 8. The van der Waals surface area contributed by atoms with Crippen LogP contribution in [0, 0.1) is 5.92 Å². The molecule has 0 fully saturated rings. The Labute approximate surface area is 193 Å². The van der Waals surface area contributed by atoms with Gasteiger partial charge in [0.25, 0.3) is 0 Å². The van der Waals surface area contributed by atoms with Gasteiger partial charge in [0.2, 0.25) is 23.6 Å². The van der Waals surface area contributed by atoms with Crippen molar-refractivity contribution in [2.45, 2.75) is 70.1 Å². The van der Waals surface area contributed by atoms with Gasteiger partial charge >= 0.3 is 5.97 Å². The number of primary amides is 1. The molecule has 0 radical (unpaired) electrons. The van der Waals surface area contributed by atoms with Crippen LogP contribution in [0.3, 0.4) is 0 Å². The summed E-state index contributed by atoms with van der Waals surface area (Å²) < 4.78 is 0. The van der Waals surface area contributed by atoms with Gasteiger partial charge in [0, 0.05) is 12.2 Å². The number of amides is 4. The monoisotopic (exact) mass is 476 g/mol. The average molecular weight is 477 g/mol. The predicted octanol–water partition coefficient (Wildman–Crippen LogP) is -2.17. The van der Waals surface area contributed by atoms with Gasteiger partial charge in [0.05, 0.1) is 6.04 Å². The van der Waals surface area contributed by atoms with E-state index < -0.39 is 53.8 Å². The molecule has 4 unspecified atom stereocenters. The standard InChI is InChI=1S/C19H36N6O6S/c1-10(2)15(19(30)31)25-18(29)12(5-3-4-8-20)24-17(28)13(6-7-14(22)26)23-16(27)11(21)9-32/h10-13,15,32H,3-9,20-21H2,1-2H3,(H2,22,26)(H,23,27)(H,24,28)(H,25,29)(H,30,31). The van der Waals surface area contributed by atoms with Crippen molar-refractivity contribution in [3.8, 4) is 0 Å². The topological polar surface area (TPSA) is 220 Å². The third-order valence-corrected chi connectivity index (χ3v) is 5.05. The first kappa shape index (κ1) is 29.6. The zero-order chi connectivity index (χ0) is 24.8. The van der Waals surface area contributed by atoms with E-state index in [0.29, 0.717) is 19.4 Å². The lowest BCUT2D eigenvalue weighted by Crippen LogP contribution is -2.57. The number of carboxylic acids is 1. The quantitative estimate of drug-likeness (QED) is 0.0902. The second kappa shape index (κ2) is 15.4. The van der Waals surface area contributed by atoms with Gasteiger partial charge in [-0.25, -0.2) is 4.79 Å². The highest BCUT2D eigenvalue weighted by Gasteiger charge is 2.31. The maximum Gasteiger partial charge on any atom is 0.326 e. The van der Waals surface area contributed by atoms with Crippen LogP contribution in [0.25, 0.3) is 0 Å². The number of rotatable bonds is 16. The predicted molar refractivity (Wildman–Crippen MR) is 121 cm³/mol. The van der Waals surface area contributed by atoms with Crippen LogP contribution >= 0.6 is 12.6 Å². The summed E-state index contributed by atoms with van der Waals surface area (Å²) in [7, 11) is 0. The molecular formula is C19H36N6O6S. The van der Waals surface area contributed by atoms with Crippen molar-refractivity contribution in [1.82, 2.24) is 16.0 Å². The Morgan fingerprint density at radius 1 is 0.906 bits per heavy atom. The maximum absolute atomic E-state index is 12.8. The SMILES string of the molecule is CC(C)C(NC(=O)C(CCCCN)NC(=O)C(CCC(N)=O)NC(=O)C(N)CS)C(=O)O. The number of unbranched alkanes of at least 4 members (excludes halogenated alkanes) is 1. The molecule has 0 aromatic heterocycles. The summed E-state index contributed by atoms with van der Waals surface area (Å²) in [5, 5.41) is 16.7. The van der Waals surface area contributed by atoms with E-state index in [-0.39, 0.29) is 30.9 Å². The minimum Gasteiger partial charge on any atom is -0.480 e. The highest BCUT2D eigenvalue weighted by Crippen LogP contribution is 2.07. The second-order valence-electron chi connectivity index (χ2n) is 7.77. The third-order valence-electron chi connectivity index (χ3n) is 4.66. The van der Waals surface area contributed by atoms with Gasteiger partial charge in [0.15, 0.2) is 0 Å². The molecule has 0 saturated heterocycles. The van der Waals surface area contributed by atoms with Crippen molar-refractivity contribution in [3.05, 3.63) is 0 Å². The first-order valence-electron chi connectivity index (χ1n) is 10.4. The fourth-order valence-electron chi connectivity index (χ4n) is 2.72. The molecule has 0 aliphatic heterocycles. The number of carbonyl (C=O) groups excluding carboxylic acids is 4. The fourth-order valence-corrected chi connectivity index (χ4v) is 2.88. The highest BCUT2D eigenvalue weighted by atomic mass is 32.1. The molecule has 184 valence electrons. The number of carbonyl (C=O) groups is 5. The summed E-state index contributed by atoms with van der Waals surface area (Å²) in [6.45, 7) is 3.66. The van der Waals surface area contributed by atoms with Crippen molar-refractivity contribution < 1.29 is 29.1 Å². The van der Waals surface area contributed by atoms with Crippen molar-refractivity contribution in [2.75, 3.05) is 12.3 Å². The van der Waals surface area contributed by atoms with Crippen LogP contribution in [-0.2, 0) is 24.0 Å². The molecule has 4 atom stereocenters. The molecular weight excluding hydrogens is 440 g/mol. The number of nitrogens with two attached hydrogens (primary N) is 3. The number of carboxylic acid groups (broad SMARTS) is 1. The van der Waals surface area contributed by atoms with E-state index in [1.807, 2.05) is 0 Å². The van der Waals surface area contributed by atoms with E-state index in [1.165, 1.54) is 0 Å². The molecule has 0 aliphatic rings. The largest absolute Gasteiger partial charge is 0.480 e. The first-order valence-corrected chi connectivity index (χ1v) is 11.1. The van der Waals surface area contributed by atoms with E-state index in [4.69, 9.17) is 17.2 Å². The normalized spacial score (nSPS) is 14.7. The van der Waals surface area contributed by atoms with E-state index in [2.05, 4.69) is 28.6 Å². The molecule has 13 heteroatoms. The summed E-state index contributed by atoms with van der Waals surface area (Å²) in [6, 6.07) is -4.37. The lowest BCUT2D eigenvalue weighted by Gasteiger charge is -2.26. The van der Waals surface area contributed by atoms with Gasteiger partial charge in [-0.3, -0.25) is 19.2 Å². The zero-order valence-corrected chi connectivity index (χ0v) is 19.4. The van der Waals surface area contributed by atoms with E-state index in [1.54, 1.807) is 13.8 Å². The minimum atomic E-state index is -1.20. The Morgan fingerprint density at radius 3 is 1.91 bits per heavy atom. The van der Waals surface area contributed by atoms with Gasteiger partial charge < -0.3 is 38.3 Å². The fraction of sp³-hybridized carbons (Fsp3) is 0.737. The molecule has 32 heavy (non-hydrogen) atoms. The zero-order valence-electron chi connectivity index (χ0n) is 18.5. The van der Waals surface area contributed by atoms with Crippen molar-refractivity contribution in [1.29, 1.82) is 0 Å². The van der Waals surface area contributed by atoms with Crippen LogP contribution < -0.4 is 33.2 Å². The number of aliphatic carboxylic acids is 1. The third kappa shape index (κ3) is 11.3. The smallest absolute Gasteiger partial charge is 0.326 e. The Hall–Kier alpha value is -2.38. The van der Waals surface area contributed by atoms with Crippen LogP contribution in [0.4, 0.5) is 0 Å². The van der Waals surface area contributed by atoms with Crippen LogP contribution in [0.15, 0.2) is 0 Å². The van der Waals surface area contributed by atoms with Crippen LogP contribution in [0.1, 0.15) is 46.0 Å². The van der Waals surface area contributed by atoms with Crippen LogP contribution in [0.5, 0.6) is 0 Å². The molecule has 0 spiro atoms. The number of nitrogens with one attached hydrogen (secondary N) is 3. The summed E-state index contributed by atoms with van der Waals surface area (Å²) in [5.41, 5.74) is 16.3. The molecule has 0 aromatic carbocycles. The second-order valence-corrected chi connectivity index (χ2v) is 8.13. The molecule has 4 amide bonds. The Bertz CT molecular complexity index is 662. The van der Waals surface area contributed by atoms with Gasteiger partial charge in [-0.15, -0.1) is 0 Å². The van der Waals surface area contributed by atoms with Gasteiger partial charge in [-0.1, -0.05) is 13.8 Å². The Kier molecular flexibility index (Phi) is 14.3. The van der Waals surface area contributed by atoms with E-state index >= 15 is 0 Å². The molecule has 0 heterocycles. The minimum absolute atomic E-state index is 0.0336. The lowest BCUT2D eigenvalue weighted by molar-refractivity contribution is -0.143.